The van der Waals surface area contributed by atoms with Gasteiger partial charge in [0.15, 0.2) is 0 Å². The van der Waals surface area contributed by atoms with Crippen molar-refractivity contribution in [3.63, 3.8) is 0 Å². The zero-order chi connectivity index (χ0) is 15.3. The molecule has 20 heavy (non-hydrogen) atoms. The third-order valence-electron chi connectivity index (χ3n) is 3.61. The summed E-state index contributed by atoms with van der Waals surface area (Å²) < 4.78 is 0. The van der Waals surface area contributed by atoms with E-state index < -0.39 is 23.8 Å². The van der Waals surface area contributed by atoms with Crippen molar-refractivity contribution in [1.29, 1.82) is 0 Å². The smallest absolute Gasteiger partial charge is 0.307 e. The molecular weight excluding hydrogens is 260 g/mol. The van der Waals surface area contributed by atoms with Crippen LogP contribution in [0, 0.1) is 17.8 Å². The van der Waals surface area contributed by atoms with Crippen LogP contribution in [-0.4, -0.2) is 35.5 Å². The van der Waals surface area contributed by atoms with E-state index in [1.807, 2.05) is 13.8 Å². The van der Waals surface area contributed by atoms with Gasteiger partial charge in [-0.25, -0.2) is 0 Å². The van der Waals surface area contributed by atoms with Gasteiger partial charge in [-0.2, -0.15) is 0 Å². The van der Waals surface area contributed by atoms with Gasteiger partial charge in [-0.1, -0.05) is 20.3 Å². The van der Waals surface area contributed by atoms with Crippen molar-refractivity contribution >= 4 is 17.8 Å². The van der Waals surface area contributed by atoms with Gasteiger partial charge in [0.05, 0.1) is 11.8 Å². The minimum atomic E-state index is -0.931. The Labute approximate surface area is 119 Å². The standard InChI is InChI=1S/C14H24N2O4/c1-8(2)7-15-12(17)9(3)16-13(18)10-5-4-6-11(10)14(19)20/h8-11H,4-7H2,1-3H3,(H,15,17)(H,16,18)(H,19,20). The van der Waals surface area contributed by atoms with Gasteiger partial charge >= 0.3 is 5.97 Å². The molecule has 0 heterocycles. The highest BCUT2D eigenvalue weighted by molar-refractivity contribution is 5.90. The fourth-order valence-corrected chi connectivity index (χ4v) is 2.41. The molecule has 3 N–H and O–H groups in total. The largest absolute Gasteiger partial charge is 0.481 e. The molecule has 114 valence electrons. The molecule has 3 atom stereocenters. The van der Waals surface area contributed by atoms with Crippen molar-refractivity contribution in [2.24, 2.45) is 17.8 Å². The SMILES string of the molecule is CC(C)CNC(=O)C(C)NC(=O)C1CCCC1C(=O)O. The van der Waals surface area contributed by atoms with E-state index in [4.69, 9.17) is 5.11 Å². The predicted molar refractivity (Wildman–Crippen MR) is 73.9 cm³/mol. The molecule has 1 aliphatic rings. The minimum absolute atomic E-state index is 0.239. The molecule has 3 unspecified atom stereocenters. The Bertz CT molecular complexity index is 381. The number of aliphatic carboxylic acids is 1. The number of hydrogen-bond donors (Lipinski definition) is 3. The Morgan fingerprint density at radius 2 is 1.75 bits per heavy atom. The molecule has 0 aliphatic heterocycles. The van der Waals surface area contributed by atoms with Crippen molar-refractivity contribution in [2.45, 2.75) is 46.1 Å². The molecule has 6 nitrogen and oxygen atoms in total. The molecule has 1 saturated carbocycles. The molecular formula is C14H24N2O4. The summed E-state index contributed by atoms with van der Waals surface area (Å²) in [6.45, 7) is 6.14. The van der Waals surface area contributed by atoms with Crippen molar-refractivity contribution < 1.29 is 19.5 Å². The zero-order valence-corrected chi connectivity index (χ0v) is 12.3. The average molecular weight is 284 g/mol. The van der Waals surface area contributed by atoms with E-state index in [0.717, 1.165) is 6.42 Å². The van der Waals surface area contributed by atoms with Gasteiger partial charge in [-0.05, 0) is 25.7 Å². The summed E-state index contributed by atoms with van der Waals surface area (Å²) in [5.41, 5.74) is 0. The summed E-state index contributed by atoms with van der Waals surface area (Å²) in [5, 5.41) is 14.4. The van der Waals surface area contributed by atoms with Gasteiger partial charge in [-0.15, -0.1) is 0 Å². The lowest BCUT2D eigenvalue weighted by atomic mass is 9.95. The van der Waals surface area contributed by atoms with Gasteiger partial charge in [0, 0.05) is 6.54 Å². The van der Waals surface area contributed by atoms with E-state index in [1.54, 1.807) is 6.92 Å². The fraction of sp³-hybridized carbons (Fsp3) is 0.786. The molecule has 1 rings (SSSR count). The molecule has 2 amide bonds. The monoisotopic (exact) mass is 284 g/mol. The van der Waals surface area contributed by atoms with Gasteiger partial charge in [0.25, 0.3) is 0 Å². The summed E-state index contributed by atoms with van der Waals surface area (Å²) in [4.78, 5) is 34.9. The molecule has 0 bridgehead atoms. The molecule has 0 aromatic heterocycles. The van der Waals surface area contributed by atoms with Crippen molar-refractivity contribution in [2.75, 3.05) is 6.54 Å². The van der Waals surface area contributed by atoms with E-state index >= 15 is 0 Å². The summed E-state index contributed by atoms with van der Waals surface area (Å²) >= 11 is 0. The maximum absolute atomic E-state index is 12.1. The van der Waals surface area contributed by atoms with Gasteiger partial charge in [0.2, 0.25) is 11.8 Å². The van der Waals surface area contributed by atoms with E-state index in [1.165, 1.54) is 0 Å². The third-order valence-corrected chi connectivity index (χ3v) is 3.61. The summed E-state index contributed by atoms with van der Waals surface area (Å²) in [6.07, 6.45) is 1.84. The first kappa shape index (κ1) is 16.5. The number of carbonyl (C=O) groups is 3. The average Bonchev–Trinajstić information content (AvgIpc) is 2.84. The number of carboxylic acids is 1. The number of rotatable bonds is 6. The molecule has 0 saturated heterocycles. The molecule has 0 aromatic rings. The Balaban J connectivity index is 2.48. The van der Waals surface area contributed by atoms with Crippen LogP contribution in [0.5, 0.6) is 0 Å². The highest BCUT2D eigenvalue weighted by atomic mass is 16.4. The highest BCUT2D eigenvalue weighted by Crippen LogP contribution is 2.32. The third kappa shape index (κ3) is 4.51. The number of nitrogens with one attached hydrogen (secondary N) is 2. The lowest BCUT2D eigenvalue weighted by Gasteiger charge is -2.19. The van der Waals surface area contributed by atoms with Gasteiger partial charge in [-0.3, -0.25) is 14.4 Å². The minimum Gasteiger partial charge on any atom is -0.481 e. The summed E-state index contributed by atoms with van der Waals surface area (Å²) in [7, 11) is 0. The first-order valence-electron chi connectivity index (χ1n) is 7.13. The quantitative estimate of drug-likeness (QED) is 0.671. The molecule has 0 spiro atoms. The molecule has 1 fully saturated rings. The maximum atomic E-state index is 12.1. The number of carbonyl (C=O) groups excluding carboxylic acids is 2. The predicted octanol–water partition coefficient (Wildman–Crippen LogP) is 0.764. The molecule has 0 radical (unpaired) electrons. The van der Waals surface area contributed by atoms with Gasteiger partial charge < -0.3 is 15.7 Å². The normalized spacial score (nSPS) is 23.4. The second-order valence-corrected chi connectivity index (χ2v) is 5.85. The van der Waals surface area contributed by atoms with Gasteiger partial charge in [0.1, 0.15) is 6.04 Å². The number of amides is 2. The van der Waals surface area contributed by atoms with Crippen LogP contribution in [0.2, 0.25) is 0 Å². The molecule has 1 aliphatic carbocycles. The Morgan fingerprint density at radius 3 is 2.30 bits per heavy atom. The van der Waals surface area contributed by atoms with Crippen molar-refractivity contribution in [3.8, 4) is 0 Å². The Kier molecular flexibility index (Phi) is 5.98. The van der Waals surface area contributed by atoms with Crippen molar-refractivity contribution in [1.82, 2.24) is 10.6 Å². The Hall–Kier alpha value is -1.59. The second-order valence-electron chi connectivity index (χ2n) is 5.85. The number of carboxylic acid groups (broad SMARTS) is 1. The summed E-state index contributed by atoms with van der Waals surface area (Å²) in [6, 6.07) is -0.642. The van der Waals surface area contributed by atoms with Crippen molar-refractivity contribution in [3.05, 3.63) is 0 Å². The summed E-state index contributed by atoms with van der Waals surface area (Å²) in [5.74, 6) is -2.31. The van der Waals surface area contributed by atoms with Crippen LogP contribution < -0.4 is 10.6 Å². The van der Waals surface area contributed by atoms with E-state index in [9.17, 15) is 14.4 Å². The van der Waals surface area contributed by atoms with Crippen LogP contribution in [0.1, 0.15) is 40.0 Å². The van der Waals surface area contributed by atoms with Crippen LogP contribution in [0.4, 0.5) is 0 Å². The Morgan fingerprint density at radius 1 is 1.15 bits per heavy atom. The van der Waals surface area contributed by atoms with Crippen LogP contribution in [0.25, 0.3) is 0 Å². The lowest BCUT2D eigenvalue weighted by Crippen LogP contribution is -2.48. The zero-order valence-electron chi connectivity index (χ0n) is 12.3. The first-order chi connectivity index (χ1) is 9.32. The lowest BCUT2D eigenvalue weighted by molar-refractivity contribution is -0.146. The molecule has 6 heteroatoms. The fourth-order valence-electron chi connectivity index (χ4n) is 2.41. The van der Waals surface area contributed by atoms with Crippen LogP contribution in [0.15, 0.2) is 0 Å². The molecule has 0 aromatic carbocycles. The van der Waals surface area contributed by atoms with E-state index in [0.29, 0.717) is 25.3 Å². The second kappa shape index (κ2) is 7.26. The van der Waals surface area contributed by atoms with Crippen LogP contribution >= 0.6 is 0 Å². The van der Waals surface area contributed by atoms with Crippen LogP contribution in [-0.2, 0) is 14.4 Å². The highest BCUT2D eigenvalue weighted by Gasteiger charge is 2.38. The first-order valence-corrected chi connectivity index (χ1v) is 7.13. The maximum Gasteiger partial charge on any atom is 0.307 e. The van der Waals surface area contributed by atoms with Crippen LogP contribution in [0.3, 0.4) is 0 Å². The number of hydrogen-bond acceptors (Lipinski definition) is 3. The van der Waals surface area contributed by atoms with E-state index in [2.05, 4.69) is 10.6 Å². The van der Waals surface area contributed by atoms with E-state index in [-0.39, 0.29) is 11.8 Å². The topological polar surface area (TPSA) is 95.5 Å².